The third-order valence-electron chi connectivity index (χ3n) is 3.40. The highest BCUT2D eigenvalue weighted by atomic mass is 19.4. The van der Waals surface area contributed by atoms with Crippen LogP contribution in [0.25, 0.3) is 5.69 Å². The molecule has 1 unspecified atom stereocenters. The van der Waals surface area contributed by atoms with Crippen LogP contribution in [0.2, 0.25) is 0 Å². The predicted octanol–water partition coefficient (Wildman–Crippen LogP) is 2.55. The summed E-state index contributed by atoms with van der Waals surface area (Å²) >= 11 is 0. The summed E-state index contributed by atoms with van der Waals surface area (Å²) in [5.74, 6) is 0. The van der Waals surface area contributed by atoms with E-state index in [-0.39, 0.29) is 6.10 Å². The smallest absolute Gasteiger partial charge is 0.369 e. The lowest BCUT2D eigenvalue weighted by atomic mass is 10.2. The topological polar surface area (TPSA) is 39.1 Å². The van der Waals surface area contributed by atoms with Gasteiger partial charge in [-0.2, -0.15) is 13.2 Å². The number of halogens is 3. The van der Waals surface area contributed by atoms with E-state index >= 15 is 0 Å². The summed E-state index contributed by atoms with van der Waals surface area (Å²) in [7, 11) is 0. The number of morpholine rings is 1. The van der Waals surface area contributed by atoms with Crippen molar-refractivity contribution in [1.29, 1.82) is 0 Å². The van der Waals surface area contributed by atoms with Crippen molar-refractivity contribution in [3.05, 3.63) is 48.0 Å². The zero-order valence-electron chi connectivity index (χ0n) is 11.1. The van der Waals surface area contributed by atoms with E-state index in [1.807, 2.05) is 0 Å². The van der Waals surface area contributed by atoms with E-state index in [9.17, 15) is 13.2 Å². The number of ether oxygens (including phenoxy) is 1. The van der Waals surface area contributed by atoms with E-state index in [1.54, 1.807) is 17.1 Å². The second-order valence-electron chi connectivity index (χ2n) is 4.80. The Morgan fingerprint density at radius 3 is 2.62 bits per heavy atom. The van der Waals surface area contributed by atoms with Crippen molar-refractivity contribution >= 4 is 0 Å². The van der Waals surface area contributed by atoms with Crippen molar-refractivity contribution in [2.45, 2.75) is 12.3 Å². The number of nitrogens with one attached hydrogen (secondary N) is 1. The summed E-state index contributed by atoms with van der Waals surface area (Å²) in [4.78, 5) is 4.08. The van der Waals surface area contributed by atoms with Crippen LogP contribution in [0.1, 0.15) is 17.4 Å². The molecule has 1 saturated heterocycles. The summed E-state index contributed by atoms with van der Waals surface area (Å²) in [5.41, 5.74) is 0.787. The lowest BCUT2D eigenvalue weighted by molar-refractivity contribution is -0.137. The molecule has 0 saturated carbocycles. The quantitative estimate of drug-likeness (QED) is 0.926. The van der Waals surface area contributed by atoms with E-state index in [0.717, 1.165) is 24.4 Å². The number of rotatable bonds is 2. The average Bonchev–Trinajstić information content (AvgIpc) is 2.97. The number of alkyl halides is 3. The molecule has 0 aliphatic carbocycles. The van der Waals surface area contributed by atoms with Gasteiger partial charge in [0.25, 0.3) is 0 Å². The van der Waals surface area contributed by atoms with Gasteiger partial charge in [-0.25, -0.2) is 4.98 Å². The van der Waals surface area contributed by atoms with Gasteiger partial charge in [-0.05, 0) is 24.3 Å². The third kappa shape index (κ3) is 2.93. The van der Waals surface area contributed by atoms with Crippen LogP contribution < -0.4 is 5.32 Å². The lowest BCUT2D eigenvalue weighted by Crippen LogP contribution is -2.34. The van der Waals surface area contributed by atoms with Gasteiger partial charge < -0.3 is 14.6 Å². The van der Waals surface area contributed by atoms with Crippen LogP contribution in [0.15, 0.2) is 36.8 Å². The maximum Gasteiger partial charge on any atom is 0.416 e. The first-order chi connectivity index (χ1) is 10.1. The molecule has 0 spiro atoms. The van der Waals surface area contributed by atoms with E-state index in [1.165, 1.54) is 12.1 Å². The van der Waals surface area contributed by atoms with Crippen LogP contribution in [0, 0.1) is 0 Å². The van der Waals surface area contributed by atoms with Gasteiger partial charge in [-0.15, -0.1) is 0 Å². The molecule has 0 bridgehead atoms. The van der Waals surface area contributed by atoms with Gasteiger partial charge in [-0.1, -0.05) is 0 Å². The Hall–Kier alpha value is -1.86. The van der Waals surface area contributed by atoms with Crippen LogP contribution >= 0.6 is 0 Å². The zero-order chi connectivity index (χ0) is 14.9. The van der Waals surface area contributed by atoms with Crippen molar-refractivity contribution in [3.63, 3.8) is 0 Å². The highest BCUT2D eigenvalue weighted by molar-refractivity contribution is 5.37. The van der Waals surface area contributed by atoms with Crippen LogP contribution in [0.5, 0.6) is 0 Å². The van der Waals surface area contributed by atoms with Crippen molar-refractivity contribution in [2.75, 3.05) is 19.7 Å². The zero-order valence-corrected chi connectivity index (χ0v) is 11.1. The summed E-state index contributed by atoms with van der Waals surface area (Å²) in [5, 5.41) is 3.22. The Labute approximate surface area is 119 Å². The summed E-state index contributed by atoms with van der Waals surface area (Å²) in [6, 6.07) is 5.01. The first kappa shape index (κ1) is 14.1. The molecule has 7 heteroatoms. The average molecular weight is 297 g/mol. The SMILES string of the molecule is FC(F)(F)c1ccc(-n2cncc2C2CNCCO2)cc1. The summed E-state index contributed by atoms with van der Waals surface area (Å²) < 4.78 is 45.2. The maximum atomic E-state index is 12.6. The van der Waals surface area contributed by atoms with Crippen LogP contribution in [0.3, 0.4) is 0 Å². The second-order valence-corrected chi connectivity index (χ2v) is 4.80. The highest BCUT2D eigenvalue weighted by Gasteiger charge is 2.30. The molecule has 4 nitrogen and oxygen atoms in total. The van der Waals surface area contributed by atoms with Crippen molar-refractivity contribution in [3.8, 4) is 5.69 Å². The maximum absolute atomic E-state index is 12.6. The molecular formula is C14H14F3N3O. The van der Waals surface area contributed by atoms with Gasteiger partial charge in [0.1, 0.15) is 6.10 Å². The fraction of sp³-hybridized carbons (Fsp3) is 0.357. The Kier molecular flexibility index (Phi) is 3.69. The van der Waals surface area contributed by atoms with Crippen LogP contribution in [-0.2, 0) is 10.9 Å². The van der Waals surface area contributed by atoms with Gasteiger partial charge in [0, 0.05) is 18.8 Å². The second kappa shape index (κ2) is 5.50. The lowest BCUT2D eigenvalue weighted by Gasteiger charge is -2.24. The molecule has 0 radical (unpaired) electrons. The summed E-state index contributed by atoms with van der Waals surface area (Å²) in [6.07, 6.45) is -1.22. The first-order valence-electron chi connectivity index (χ1n) is 6.58. The molecule has 112 valence electrons. The fourth-order valence-corrected chi connectivity index (χ4v) is 2.33. The molecule has 1 N–H and O–H groups in total. The summed E-state index contributed by atoms with van der Waals surface area (Å²) in [6.45, 7) is 2.06. The molecule has 1 aromatic heterocycles. The Morgan fingerprint density at radius 2 is 2.00 bits per heavy atom. The van der Waals surface area contributed by atoms with Crippen molar-refractivity contribution in [1.82, 2.24) is 14.9 Å². The van der Waals surface area contributed by atoms with Gasteiger partial charge in [0.05, 0.1) is 30.4 Å². The first-order valence-corrected chi connectivity index (χ1v) is 6.58. The van der Waals surface area contributed by atoms with Crippen molar-refractivity contribution < 1.29 is 17.9 Å². The molecule has 1 aliphatic rings. The highest BCUT2D eigenvalue weighted by Crippen LogP contribution is 2.30. The molecule has 1 aromatic carbocycles. The Bertz CT molecular complexity index is 601. The minimum absolute atomic E-state index is 0.149. The Morgan fingerprint density at radius 1 is 1.24 bits per heavy atom. The van der Waals surface area contributed by atoms with E-state index in [2.05, 4.69) is 10.3 Å². The molecule has 2 heterocycles. The Balaban J connectivity index is 1.89. The minimum Gasteiger partial charge on any atom is -0.369 e. The molecule has 1 aliphatic heterocycles. The molecule has 21 heavy (non-hydrogen) atoms. The number of imidazole rings is 1. The standard InChI is InChI=1S/C14H14F3N3O/c15-14(16,17)10-1-3-11(4-2-10)20-9-19-7-12(20)13-8-18-5-6-21-13/h1-4,7,9,13,18H,5-6,8H2. The van der Waals surface area contributed by atoms with Gasteiger partial charge in [-0.3, -0.25) is 0 Å². The predicted molar refractivity (Wildman–Crippen MR) is 70.1 cm³/mol. The monoisotopic (exact) mass is 297 g/mol. The van der Waals surface area contributed by atoms with Gasteiger partial charge >= 0.3 is 6.18 Å². The van der Waals surface area contributed by atoms with E-state index in [4.69, 9.17) is 4.74 Å². The molecule has 2 aromatic rings. The number of aromatic nitrogens is 2. The molecular weight excluding hydrogens is 283 g/mol. The normalized spacial score (nSPS) is 19.7. The van der Waals surface area contributed by atoms with E-state index < -0.39 is 11.7 Å². The molecule has 1 fully saturated rings. The van der Waals surface area contributed by atoms with Crippen LogP contribution in [0.4, 0.5) is 13.2 Å². The molecule has 1 atom stereocenters. The van der Waals surface area contributed by atoms with Gasteiger partial charge in [0.15, 0.2) is 0 Å². The number of hydrogen-bond donors (Lipinski definition) is 1. The van der Waals surface area contributed by atoms with Gasteiger partial charge in [0.2, 0.25) is 0 Å². The molecule has 3 rings (SSSR count). The largest absolute Gasteiger partial charge is 0.416 e. The molecule has 0 amide bonds. The fourth-order valence-electron chi connectivity index (χ4n) is 2.33. The number of hydrogen-bond acceptors (Lipinski definition) is 3. The number of nitrogens with zero attached hydrogens (tertiary/aromatic N) is 2. The van der Waals surface area contributed by atoms with Crippen LogP contribution in [-0.4, -0.2) is 29.2 Å². The third-order valence-corrected chi connectivity index (χ3v) is 3.40. The minimum atomic E-state index is -4.33. The van der Waals surface area contributed by atoms with Crippen molar-refractivity contribution in [2.24, 2.45) is 0 Å². The number of benzene rings is 1. The van der Waals surface area contributed by atoms with E-state index in [0.29, 0.717) is 18.8 Å².